The van der Waals surface area contributed by atoms with E-state index in [9.17, 15) is 22.8 Å². The van der Waals surface area contributed by atoms with Gasteiger partial charge in [-0.3, -0.25) is 9.59 Å². The minimum Gasteiger partial charge on any atom is -0.484 e. The van der Waals surface area contributed by atoms with Crippen molar-refractivity contribution in [2.75, 3.05) is 13.1 Å². The Hall–Kier alpha value is -2.83. The van der Waals surface area contributed by atoms with Gasteiger partial charge in [-0.25, -0.2) is 0 Å². The molecule has 1 fully saturated rings. The molecule has 2 aliphatic rings. The molecule has 0 aliphatic carbocycles. The van der Waals surface area contributed by atoms with E-state index < -0.39 is 23.2 Å². The molecule has 1 unspecified atom stereocenters. The molecule has 0 saturated carbocycles. The molecule has 4 nitrogen and oxygen atoms in total. The average molecular weight is 375 g/mol. The number of carbonyl (C=O) groups excluding carboxylic acids is 2. The highest BCUT2D eigenvalue weighted by atomic mass is 19.4. The number of carbonyl (C=O) groups is 2. The number of benzene rings is 2. The molecule has 1 saturated heterocycles. The fourth-order valence-electron chi connectivity index (χ4n) is 3.70. The van der Waals surface area contributed by atoms with Gasteiger partial charge in [-0.05, 0) is 30.3 Å². The Morgan fingerprint density at radius 3 is 2.67 bits per heavy atom. The highest BCUT2D eigenvalue weighted by Crippen LogP contribution is 2.39. The first kappa shape index (κ1) is 17.6. The van der Waals surface area contributed by atoms with E-state index in [1.165, 1.54) is 17.0 Å². The van der Waals surface area contributed by atoms with Crippen molar-refractivity contribution in [1.29, 1.82) is 0 Å². The van der Waals surface area contributed by atoms with Crippen LogP contribution in [0.4, 0.5) is 13.2 Å². The fraction of sp³-hybridized carbons (Fsp3) is 0.300. The summed E-state index contributed by atoms with van der Waals surface area (Å²) in [6.45, 7) is 0.493. The quantitative estimate of drug-likeness (QED) is 0.758. The molecule has 7 heteroatoms. The molecule has 0 N–H and O–H groups in total. The number of rotatable bonds is 1. The van der Waals surface area contributed by atoms with Gasteiger partial charge < -0.3 is 9.64 Å². The van der Waals surface area contributed by atoms with Crippen molar-refractivity contribution >= 4 is 11.7 Å². The van der Waals surface area contributed by atoms with Gasteiger partial charge in [-0.1, -0.05) is 18.2 Å². The van der Waals surface area contributed by atoms with Crippen molar-refractivity contribution in [3.63, 3.8) is 0 Å². The molecule has 2 aromatic rings. The van der Waals surface area contributed by atoms with Gasteiger partial charge in [0.05, 0.1) is 24.1 Å². The number of likely N-dealkylation sites (tertiary alicyclic amines) is 1. The number of amides is 1. The number of nitrogens with zero attached hydrogens (tertiary/aromatic N) is 1. The molecule has 4 rings (SSSR count). The maximum Gasteiger partial charge on any atom is 0.416 e. The number of ether oxygens (including phenoxy) is 1. The Kier molecular flexibility index (Phi) is 3.98. The van der Waals surface area contributed by atoms with Crippen LogP contribution < -0.4 is 4.74 Å². The zero-order chi connectivity index (χ0) is 19.2. The maximum atomic E-state index is 12.9. The van der Waals surface area contributed by atoms with Crippen LogP contribution in [0.1, 0.15) is 39.1 Å². The Bertz CT molecular complexity index is 925. The summed E-state index contributed by atoms with van der Waals surface area (Å²) < 4.78 is 44.7. The van der Waals surface area contributed by atoms with Crippen LogP contribution in [-0.2, 0) is 6.18 Å². The average Bonchev–Trinajstić information content (AvgIpc) is 3.03. The number of hydrogen-bond acceptors (Lipinski definition) is 3. The number of hydrogen-bond donors (Lipinski definition) is 0. The van der Waals surface area contributed by atoms with Crippen molar-refractivity contribution in [3.05, 3.63) is 65.2 Å². The minimum absolute atomic E-state index is 0.0237. The molecule has 0 aromatic heterocycles. The lowest BCUT2D eigenvalue weighted by Gasteiger charge is -2.34. The lowest BCUT2D eigenvalue weighted by molar-refractivity contribution is -0.137. The van der Waals surface area contributed by atoms with Gasteiger partial charge in [0.2, 0.25) is 0 Å². The second-order valence-electron chi connectivity index (χ2n) is 6.94. The van der Waals surface area contributed by atoms with E-state index >= 15 is 0 Å². The van der Waals surface area contributed by atoms with Crippen LogP contribution in [0, 0.1) is 0 Å². The summed E-state index contributed by atoms with van der Waals surface area (Å²) in [5.74, 6) is -0.0554. The van der Waals surface area contributed by atoms with Crippen LogP contribution in [-0.4, -0.2) is 35.3 Å². The molecule has 140 valence electrons. The number of Topliss-reactive ketones (excluding diaryl/α,β-unsaturated/α-hetero) is 1. The molecular weight excluding hydrogens is 359 g/mol. The third kappa shape index (κ3) is 3.18. The number of fused-ring (bicyclic) bond motifs is 1. The molecule has 27 heavy (non-hydrogen) atoms. The smallest absolute Gasteiger partial charge is 0.416 e. The van der Waals surface area contributed by atoms with Gasteiger partial charge >= 0.3 is 6.18 Å². The largest absolute Gasteiger partial charge is 0.484 e. The van der Waals surface area contributed by atoms with Crippen molar-refractivity contribution in [1.82, 2.24) is 4.90 Å². The number of para-hydroxylation sites is 1. The third-order valence-electron chi connectivity index (χ3n) is 5.04. The van der Waals surface area contributed by atoms with Crippen LogP contribution in [0.15, 0.2) is 48.5 Å². The van der Waals surface area contributed by atoms with Crippen LogP contribution >= 0.6 is 0 Å². The monoisotopic (exact) mass is 375 g/mol. The van der Waals surface area contributed by atoms with E-state index in [1.807, 2.05) is 0 Å². The molecular formula is C20H16F3NO3. The number of ketones is 1. The molecule has 2 aromatic carbocycles. The van der Waals surface area contributed by atoms with Crippen LogP contribution in [0.5, 0.6) is 5.75 Å². The molecule has 0 bridgehead atoms. The van der Waals surface area contributed by atoms with Crippen molar-refractivity contribution in [3.8, 4) is 5.75 Å². The second-order valence-corrected chi connectivity index (χ2v) is 6.94. The number of alkyl halides is 3. The lowest BCUT2D eigenvalue weighted by Crippen LogP contribution is -2.45. The first-order valence-corrected chi connectivity index (χ1v) is 8.55. The summed E-state index contributed by atoms with van der Waals surface area (Å²) in [5.41, 5.74) is -1.18. The standard InChI is InChI=1S/C20H16F3NO3/c21-20(22,23)14-5-3-4-13(10-14)18(26)24-9-8-19(12-24)11-16(25)15-6-1-2-7-17(15)27-19/h1-7,10H,8-9,11-12H2. The second kappa shape index (κ2) is 6.11. The molecule has 0 radical (unpaired) electrons. The van der Waals surface area contributed by atoms with Crippen molar-refractivity contribution in [2.24, 2.45) is 0 Å². The van der Waals surface area contributed by atoms with Crippen molar-refractivity contribution in [2.45, 2.75) is 24.6 Å². The van der Waals surface area contributed by atoms with Gasteiger partial charge in [0.15, 0.2) is 5.78 Å². The Balaban J connectivity index is 1.55. The van der Waals surface area contributed by atoms with Gasteiger partial charge in [-0.2, -0.15) is 13.2 Å². The molecule has 2 heterocycles. The predicted octanol–water partition coefficient (Wildman–Crippen LogP) is 3.96. The first-order valence-electron chi connectivity index (χ1n) is 8.55. The Morgan fingerprint density at radius 2 is 1.89 bits per heavy atom. The summed E-state index contributed by atoms with van der Waals surface area (Å²) in [4.78, 5) is 26.6. The van der Waals surface area contributed by atoms with Crippen LogP contribution in [0.3, 0.4) is 0 Å². The van der Waals surface area contributed by atoms with E-state index in [-0.39, 0.29) is 24.3 Å². The van der Waals surface area contributed by atoms with E-state index in [0.717, 1.165) is 12.1 Å². The van der Waals surface area contributed by atoms with E-state index in [0.29, 0.717) is 24.3 Å². The highest BCUT2D eigenvalue weighted by molar-refractivity contribution is 6.00. The normalized spacial score (nSPS) is 21.9. The van der Waals surface area contributed by atoms with Gasteiger partial charge in [0, 0.05) is 18.5 Å². The summed E-state index contributed by atoms with van der Waals surface area (Å²) in [5, 5.41) is 0. The summed E-state index contributed by atoms with van der Waals surface area (Å²) in [6.07, 6.45) is -3.90. The van der Waals surface area contributed by atoms with E-state index in [4.69, 9.17) is 4.74 Å². The maximum absolute atomic E-state index is 12.9. The Morgan fingerprint density at radius 1 is 1.11 bits per heavy atom. The van der Waals surface area contributed by atoms with Crippen molar-refractivity contribution < 1.29 is 27.5 Å². The third-order valence-corrected chi connectivity index (χ3v) is 5.04. The highest BCUT2D eigenvalue weighted by Gasteiger charge is 2.47. The molecule has 2 aliphatic heterocycles. The zero-order valence-electron chi connectivity index (χ0n) is 14.3. The topological polar surface area (TPSA) is 46.6 Å². The summed E-state index contributed by atoms with van der Waals surface area (Å²) >= 11 is 0. The SMILES string of the molecule is O=C1CC2(CCN(C(=O)c3cccc(C(F)(F)F)c3)C2)Oc2ccccc21. The zero-order valence-corrected chi connectivity index (χ0v) is 14.3. The van der Waals surface area contributed by atoms with Crippen LogP contribution in [0.2, 0.25) is 0 Å². The van der Waals surface area contributed by atoms with Gasteiger partial charge in [-0.15, -0.1) is 0 Å². The Labute approximate surface area is 153 Å². The first-order chi connectivity index (χ1) is 12.8. The molecule has 1 spiro atoms. The lowest BCUT2D eigenvalue weighted by atomic mass is 9.89. The minimum atomic E-state index is -4.51. The number of halogens is 3. The van der Waals surface area contributed by atoms with E-state index in [2.05, 4.69) is 0 Å². The predicted molar refractivity (Wildman–Crippen MR) is 90.7 cm³/mol. The van der Waals surface area contributed by atoms with Crippen LogP contribution in [0.25, 0.3) is 0 Å². The molecule has 1 amide bonds. The van der Waals surface area contributed by atoms with Gasteiger partial charge in [0.25, 0.3) is 5.91 Å². The van der Waals surface area contributed by atoms with Gasteiger partial charge in [0.1, 0.15) is 11.4 Å². The van der Waals surface area contributed by atoms with E-state index in [1.54, 1.807) is 24.3 Å². The fourth-order valence-corrected chi connectivity index (χ4v) is 3.70. The summed E-state index contributed by atoms with van der Waals surface area (Å²) in [6, 6.07) is 11.3. The molecule has 1 atom stereocenters. The summed E-state index contributed by atoms with van der Waals surface area (Å²) in [7, 11) is 0.